The number of ether oxygens (including phenoxy) is 12. The molecule has 3 aromatic rings. The third-order valence-corrected chi connectivity index (χ3v) is 15.2. The van der Waals surface area contributed by atoms with Crippen molar-refractivity contribution in [1.82, 2.24) is 9.80 Å². The quantitative estimate of drug-likeness (QED) is 0.0857. The number of nitrogens with one attached hydrogen (secondary N) is 1. The minimum atomic E-state index is -1.10. The van der Waals surface area contributed by atoms with Gasteiger partial charge in [-0.15, -0.1) is 0 Å². The van der Waals surface area contributed by atoms with Gasteiger partial charge >= 0.3 is 30.2 Å². The van der Waals surface area contributed by atoms with E-state index in [0.717, 1.165) is 0 Å². The van der Waals surface area contributed by atoms with Gasteiger partial charge in [0.25, 0.3) is 0 Å². The number of aliphatic carboxylic acids is 1. The molecule has 410 valence electrons. The summed E-state index contributed by atoms with van der Waals surface area (Å²) in [6, 6.07) is 13.6. The van der Waals surface area contributed by atoms with Crippen molar-refractivity contribution < 1.29 is 91.0 Å². The van der Waals surface area contributed by atoms with Crippen LogP contribution in [0.4, 0.5) is 20.1 Å². The topological polar surface area (TPSA) is 255 Å². The number of amides is 3. The zero-order valence-electron chi connectivity index (χ0n) is 43.4. The van der Waals surface area contributed by atoms with Crippen LogP contribution in [0, 0.1) is 23.2 Å². The van der Waals surface area contributed by atoms with E-state index in [2.05, 4.69) is 5.32 Å². The normalized spacial score (nSPS) is 29.6. The molecule has 6 aliphatic rings. The fourth-order valence-electron chi connectivity index (χ4n) is 10.6. The van der Waals surface area contributed by atoms with E-state index in [9.17, 15) is 34.2 Å². The van der Waals surface area contributed by atoms with Crippen LogP contribution < -0.4 is 29.0 Å². The van der Waals surface area contributed by atoms with Crippen LogP contribution in [0.1, 0.15) is 80.7 Å². The SMILES string of the molecule is COc1cc([C@@H]2c3cc4c(cc3C(OC3O[C@@H]5CO[C@@H](C)O[C@H]5[C@H](C)[C@H]3O)[C@H]3COC(=O)[C@H]23)OCO4)cc(OC)c1OC(=O)N(C)CCN(C)C(=O)OCc1ccc(NC(=O)O[C@H]2/C=C/CC[C@@](C)(C(=O)O)CC2)cc1. The van der Waals surface area contributed by atoms with Gasteiger partial charge < -0.3 is 76.9 Å². The van der Waals surface area contributed by atoms with Gasteiger partial charge in [-0.3, -0.25) is 14.9 Å². The van der Waals surface area contributed by atoms with Crippen LogP contribution in [0.15, 0.2) is 60.7 Å². The summed E-state index contributed by atoms with van der Waals surface area (Å²) >= 11 is 0. The number of anilines is 1. The maximum Gasteiger partial charge on any atom is 0.415 e. The van der Waals surface area contributed by atoms with Crippen molar-refractivity contribution in [1.29, 1.82) is 0 Å². The predicted molar refractivity (Wildman–Crippen MR) is 265 cm³/mol. The smallest absolute Gasteiger partial charge is 0.415 e. The molecule has 0 bridgehead atoms. The lowest BCUT2D eigenvalue weighted by Crippen LogP contribution is -2.59. The van der Waals surface area contributed by atoms with E-state index in [1.165, 1.54) is 38.1 Å². The summed E-state index contributed by atoms with van der Waals surface area (Å²) in [4.78, 5) is 67.6. The second-order valence-corrected chi connectivity index (χ2v) is 20.2. The Kier molecular flexibility index (Phi) is 16.2. The molecule has 3 saturated heterocycles. The van der Waals surface area contributed by atoms with Gasteiger partial charge in [0, 0.05) is 50.6 Å². The number of hydrogen-bond acceptors (Lipinski definition) is 18. The van der Waals surface area contributed by atoms with Crippen molar-refractivity contribution in [3.8, 4) is 28.7 Å². The number of allylic oxidation sites excluding steroid dienone is 1. The lowest BCUT2D eigenvalue weighted by molar-refractivity contribution is -0.355. The summed E-state index contributed by atoms with van der Waals surface area (Å²) < 4.78 is 70.8. The molecule has 4 heterocycles. The lowest BCUT2D eigenvalue weighted by atomic mass is 9.66. The molecule has 12 atom stereocenters. The molecule has 9 rings (SSSR count). The Hall–Kier alpha value is -6.85. The van der Waals surface area contributed by atoms with Crippen LogP contribution in [-0.2, 0) is 49.4 Å². The summed E-state index contributed by atoms with van der Waals surface area (Å²) in [6.07, 6.45) is -1.57. The largest absolute Gasteiger partial charge is 0.493 e. The van der Waals surface area contributed by atoms with Crippen LogP contribution in [0.2, 0.25) is 0 Å². The number of esters is 1. The molecule has 3 aromatic carbocycles. The number of aliphatic hydroxyl groups excluding tert-OH is 1. The molecule has 0 spiro atoms. The fourth-order valence-corrected chi connectivity index (χ4v) is 10.6. The van der Waals surface area contributed by atoms with Gasteiger partial charge in [-0.05, 0) is 104 Å². The molecular weight excluding hydrogens is 995 g/mol. The van der Waals surface area contributed by atoms with E-state index in [4.69, 9.17) is 56.8 Å². The molecule has 0 radical (unpaired) electrons. The standard InChI is InChI=1S/C54H65N3O19/c1-28-44(58)49(74-41-26-67-29(2)72-45(28)41)75-46-35-23-38-37(70-27-71-38)22-34(35)42(43-36(46)25-68-48(43)59)31-20-39(65-6)47(40(21-31)66-7)76-53(64)57(5)19-18-56(4)52(63)69-24-30-11-13-32(14-12-30)55-51(62)73-33-10-8-9-16-54(3,17-15-33)50(60)61/h8,10-14,20-23,28-29,33,36,41-46,49,58H,9,15-19,24-27H2,1-7H3,(H,55,62)(H,60,61)/b10-8+/t28-,29-,33+,36+,41-,42-,43+,44-,45+,46?,49?,54-/m1/s1. The fraction of sp³-hybridized carbons (Fsp3) is 0.537. The number of likely N-dealkylation sites (N-methyl/N-ethyl adjacent to an activating group) is 2. The summed E-state index contributed by atoms with van der Waals surface area (Å²) in [7, 11) is 5.85. The van der Waals surface area contributed by atoms with Crippen molar-refractivity contribution in [3.63, 3.8) is 0 Å². The number of cyclic esters (lactones) is 1. The van der Waals surface area contributed by atoms with Crippen molar-refractivity contribution in [3.05, 3.63) is 82.9 Å². The van der Waals surface area contributed by atoms with Crippen LogP contribution in [0.3, 0.4) is 0 Å². The first-order valence-corrected chi connectivity index (χ1v) is 25.3. The number of carbonyl (C=O) groups excluding carboxylic acids is 4. The summed E-state index contributed by atoms with van der Waals surface area (Å²) in [5, 5.41) is 23.9. The van der Waals surface area contributed by atoms with E-state index in [1.807, 2.05) is 25.1 Å². The van der Waals surface area contributed by atoms with Crippen molar-refractivity contribution >= 4 is 35.9 Å². The molecule has 22 heteroatoms. The van der Waals surface area contributed by atoms with E-state index >= 15 is 0 Å². The number of carbonyl (C=O) groups is 5. The number of benzene rings is 3. The highest BCUT2D eigenvalue weighted by Crippen LogP contribution is 2.57. The highest BCUT2D eigenvalue weighted by Gasteiger charge is 2.56. The zero-order chi connectivity index (χ0) is 54.0. The average Bonchev–Trinajstić information content (AvgIpc) is 4.05. The first kappa shape index (κ1) is 54.0. The van der Waals surface area contributed by atoms with Gasteiger partial charge in [0.1, 0.15) is 24.9 Å². The highest BCUT2D eigenvalue weighted by molar-refractivity contribution is 5.85. The number of carboxylic acid groups (broad SMARTS) is 1. The lowest BCUT2D eigenvalue weighted by Gasteiger charge is -2.48. The zero-order valence-corrected chi connectivity index (χ0v) is 43.4. The minimum Gasteiger partial charge on any atom is -0.493 e. The number of rotatable bonds is 14. The average molecular weight is 1060 g/mol. The number of aliphatic hydroxyl groups is 1. The minimum absolute atomic E-state index is 0.0122. The van der Waals surface area contributed by atoms with E-state index in [0.29, 0.717) is 65.1 Å². The number of methoxy groups -OCH3 is 2. The van der Waals surface area contributed by atoms with Crippen LogP contribution in [0.5, 0.6) is 28.7 Å². The molecule has 76 heavy (non-hydrogen) atoms. The van der Waals surface area contributed by atoms with Gasteiger partial charge in [-0.25, -0.2) is 14.4 Å². The number of carboxylic acids is 1. The van der Waals surface area contributed by atoms with Gasteiger partial charge in [0.05, 0.1) is 51.0 Å². The van der Waals surface area contributed by atoms with Crippen LogP contribution in [0.25, 0.3) is 0 Å². The Morgan fingerprint density at radius 3 is 2.24 bits per heavy atom. The van der Waals surface area contributed by atoms with Crippen LogP contribution >= 0.6 is 0 Å². The molecule has 3 N–H and O–H groups in total. The van der Waals surface area contributed by atoms with Crippen molar-refractivity contribution in [2.24, 2.45) is 23.2 Å². The molecule has 3 amide bonds. The Morgan fingerprint density at radius 2 is 1.55 bits per heavy atom. The summed E-state index contributed by atoms with van der Waals surface area (Å²) in [5.41, 5.74) is 2.12. The molecular formula is C54H65N3O19. The van der Waals surface area contributed by atoms with Gasteiger partial charge in [0.2, 0.25) is 12.5 Å². The van der Waals surface area contributed by atoms with E-state index in [-0.39, 0.29) is 62.9 Å². The molecule has 0 saturated carbocycles. The maximum atomic E-state index is 13.9. The molecule has 2 unspecified atom stereocenters. The van der Waals surface area contributed by atoms with Crippen LogP contribution in [-0.4, -0.2) is 149 Å². The third-order valence-electron chi connectivity index (χ3n) is 15.2. The van der Waals surface area contributed by atoms with Crippen molar-refractivity contribution in [2.45, 2.75) is 102 Å². The van der Waals surface area contributed by atoms with E-state index < -0.39 is 96.5 Å². The van der Waals surface area contributed by atoms with Crippen molar-refractivity contribution in [2.75, 3.05) is 66.7 Å². The molecule has 3 fully saturated rings. The van der Waals surface area contributed by atoms with Gasteiger partial charge in [-0.2, -0.15) is 0 Å². The predicted octanol–water partition coefficient (Wildman–Crippen LogP) is 6.75. The maximum absolute atomic E-state index is 13.9. The molecule has 2 aliphatic carbocycles. The second-order valence-electron chi connectivity index (χ2n) is 20.2. The third kappa shape index (κ3) is 11.3. The Balaban J connectivity index is 0.821. The number of nitrogens with zero attached hydrogens (tertiary/aromatic N) is 2. The Labute approximate surface area is 439 Å². The first-order valence-electron chi connectivity index (χ1n) is 25.3. The molecule has 0 aromatic heterocycles. The number of hydrogen-bond donors (Lipinski definition) is 3. The van der Waals surface area contributed by atoms with Gasteiger partial charge in [-0.1, -0.05) is 25.1 Å². The highest BCUT2D eigenvalue weighted by atomic mass is 16.8. The molecule has 4 aliphatic heterocycles. The first-order chi connectivity index (χ1) is 36.4. The Bertz CT molecular complexity index is 2660. The van der Waals surface area contributed by atoms with Gasteiger partial charge in [0.15, 0.2) is 35.6 Å². The second kappa shape index (κ2) is 22.8. The summed E-state index contributed by atoms with van der Waals surface area (Å²) in [6.45, 7) is 5.68. The molecule has 22 nitrogen and oxygen atoms in total. The summed E-state index contributed by atoms with van der Waals surface area (Å²) in [5.74, 6) is -2.54. The monoisotopic (exact) mass is 1060 g/mol. The van der Waals surface area contributed by atoms with E-state index in [1.54, 1.807) is 56.3 Å². The number of fused-ring (bicyclic) bond motifs is 4. The Morgan fingerprint density at radius 1 is 0.868 bits per heavy atom.